The summed E-state index contributed by atoms with van der Waals surface area (Å²) in [4.78, 5) is 4.32. The highest BCUT2D eigenvalue weighted by Crippen LogP contribution is 2.21. The molecule has 0 bridgehead atoms. The minimum absolute atomic E-state index is 0.0262. The van der Waals surface area contributed by atoms with Gasteiger partial charge in [0.2, 0.25) is 0 Å². The standard InChI is InChI=1S/C12H13BrN2/c1-12(9-13)7-4-6-11(15-12)10-5-2-3-8-14-10/h2-8,15H,9H2,1H3. The van der Waals surface area contributed by atoms with Crippen molar-refractivity contribution in [3.05, 3.63) is 48.3 Å². The van der Waals surface area contributed by atoms with Crippen LogP contribution in [0.5, 0.6) is 0 Å². The molecule has 0 aliphatic carbocycles. The molecule has 15 heavy (non-hydrogen) atoms. The van der Waals surface area contributed by atoms with Crippen molar-refractivity contribution in [3.63, 3.8) is 0 Å². The van der Waals surface area contributed by atoms with E-state index in [0.29, 0.717) is 0 Å². The van der Waals surface area contributed by atoms with E-state index in [0.717, 1.165) is 16.7 Å². The number of alkyl halides is 1. The number of hydrogen-bond donors (Lipinski definition) is 1. The maximum atomic E-state index is 4.32. The first-order chi connectivity index (χ1) is 7.23. The van der Waals surface area contributed by atoms with E-state index >= 15 is 0 Å². The topological polar surface area (TPSA) is 24.9 Å². The lowest BCUT2D eigenvalue weighted by Crippen LogP contribution is -2.42. The zero-order valence-corrected chi connectivity index (χ0v) is 10.2. The first-order valence-electron chi connectivity index (χ1n) is 4.89. The molecule has 78 valence electrons. The van der Waals surface area contributed by atoms with Gasteiger partial charge in [0.15, 0.2) is 0 Å². The number of rotatable bonds is 2. The fourth-order valence-electron chi connectivity index (χ4n) is 1.50. The molecule has 0 saturated carbocycles. The largest absolute Gasteiger partial charge is 0.374 e. The number of hydrogen-bond acceptors (Lipinski definition) is 2. The zero-order chi connectivity index (χ0) is 10.7. The van der Waals surface area contributed by atoms with Crippen molar-refractivity contribution < 1.29 is 0 Å². The molecule has 0 fully saturated rings. The van der Waals surface area contributed by atoms with Gasteiger partial charge in [0.1, 0.15) is 0 Å². The predicted molar refractivity (Wildman–Crippen MR) is 66.7 cm³/mol. The van der Waals surface area contributed by atoms with Crippen molar-refractivity contribution in [1.29, 1.82) is 0 Å². The highest BCUT2D eigenvalue weighted by atomic mass is 79.9. The summed E-state index contributed by atoms with van der Waals surface area (Å²) >= 11 is 3.51. The molecule has 1 N–H and O–H groups in total. The highest BCUT2D eigenvalue weighted by molar-refractivity contribution is 9.09. The van der Waals surface area contributed by atoms with Gasteiger partial charge in [-0.2, -0.15) is 0 Å². The first-order valence-corrected chi connectivity index (χ1v) is 6.01. The summed E-state index contributed by atoms with van der Waals surface area (Å²) < 4.78 is 0. The van der Waals surface area contributed by atoms with E-state index in [1.165, 1.54) is 0 Å². The molecule has 0 spiro atoms. The van der Waals surface area contributed by atoms with E-state index in [-0.39, 0.29) is 5.54 Å². The smallest absolute Gasteiger partial charge is 0.0861 e. The molecule has 2 heterocycles. The highest BCUT2D eigenvalue weighted by Gasteiger charge is 2.22. The Morgan fingerprint density at radius 2 is 2.33 bits per heavy atom. The second kappa shape index (κ2) is 4.19. The normalized spacial score (nSPS) is 24.5. The SMILES string of the molecule is CC1(CBr)C=CC=C(c2ccccn2)N1. The number of allylic oxidation sites excluding steroid dienone is 2. The third kappa shape index (κ3) is 2.29. The van der Waals surface area contributed by atoms with E-state index in [1.807, 2.05) is 30.5 Å². The molecule has 3 heteroatoms. The number of nitrogens with zero attached hydrogens (tertiary/aromatic N) is 1. The summed E-state index contributed by atoms with van der Waals surface area (Å²) in [5, 5.41) is 4.34. The Kier molecular flexibility index (Phi) is 2.91. The fraction of sp³-hybridized carbons (Fsp3) is 0.250. The molecule has 0 saturated heterocycles. The third-order valence-corrected chi connectivity index (χ3v) is 3.53. The van der Waals surface area contributed by atoms with Crippen LogP contribution >= 0.6 is 15.9 Å². The van der Waals surface area contributed by atoms with Gasteiger partial charge in [0.25, 0.3) is 0 Å². The molecule has 2 rings (SSSR count). The van der Waals surface area contributed by atoms with Gasteiger partial charge in [0.05, 0.1) is 16.9 Å². The van der Waals surface area contributed by atoms with Crippen LogP contribution in [0, 0.1) is 0 Å². The monoisotopic (exact) mass is 264 g/mol. The van der Waals surface area contributed by atoms with Crippen molar-refractivity contribution in [3.8, 4) is 0 Å². The van der Waals surface area contributed by atoms with Gasteiger partial charge in [-0.1, -0.05) is 34.1 Å². The van der Waals surface area contributed by atoms with Crippen molar-refractivity contribution in [1.82, 2.24) is 10.3 Å². The molecular weight excluding hydrogens is 252 g/mol. The summed E-state index contributed by atoms with van der Waals surface area (Å²) in [6.45, 7) is 2.15. The van der Waals surface area contributed by atoms with E-state index in [1.54, 1.807) is 0 Å². The van der Waals surface area contributed by atoms with E-state index in [4.69, 9.17) is 0 Å². The number of pyridine rings is 1. The third-order valence-electron chi connectivity index (χ3n) is 2.37. The zero-order valence-electron chi connectivity index (χ0n) is 8.57. The number of aromatic nitrogens is 1. The molecule has 0 amide bonds. The molecule has 1 aliphatic heterocycles. The number of dihydropyridines is 1. The van der Waals surface area contributed by atoms with Gasteiger partial charge in [-0.15, -0.1) is 0 Å². The van der Waals surface area contributed by atoms with Crippen molar-refractivity contribution in [2.45, 2.75) is 12.5 Å². The van der Waals surface area contributed by atoms with Crippen molar-refractivity contribution >= 4 is 21.6 Å². The Bertz CT molecular complexity index is 397. The van der Waals surface area contributed by atoms with Crippen LogP contribution in [0.25, 0.3) is 5.70 Å². The quantitative estimate of drug-likeness (QED) is 0.832. The Balaban J connectivity index is 2.26. The summed E-state index contributed by atoms with van der Waals surface area (Å²) in [7, 11) is 0. The Labute approximate surface area is 98.2 Å². The summed E-state index contributed by atoms with van der Waals surface area (Å²) in [6, 6.07) is 5.92. The van der Waals surface area contributed by atoms with Gasteiger partial charge in [-0.05, 0) is 25.1 Å². The van der Waals surface area contributed by atoms with Crippen LogP contribution in [0.1, 0.15) is 12.6 Å². The molecule has 1 unspecified atom stereocenters. The van der Waals surface area contributed by atoms with Gasteiger partial charge in [-0.3, -0.25) is 4.98 Å². The van der Waals surface area contributed by atoms with Crippen LogP contribution in [0.2, 0.25) is 0 Å². The maximum absolute atomic E-state index is 4.32. The minimum Gasteiger partial charge on any atom is -0.374 e. The lowest BCUT2D eigenvalue weighted by Gasteiger charge is -2.30. The minimum atomic E-state index is -0.0262. The molecule has 1 atom stereocenters. The summed E-state index contributed by atoms with van der Waals surface area (Å²) in [5.74, 6) is 0. The Hall–Kier alpha value is -1.09. The number of halogens is 1. The van der Waals surface area contributed by atoms with E-state index < -0.39 is 0 Å². The average Bonchev–Trinajstić information content (AvgIpc) is 2.30. The first kappa shape index (κ1) is 10.4. The molecule has 1 aromatic heterocycles. The van der Waals surface area contributed by atoms with Crippen LogP contribution in [0.4, 0.5) is 0 Å². The van der Waals surface area contributed by atoms with Gasteiger partial charge in [-0.25, -0.2) is 0 Å². The maximum Gasteiger partial charge on any atom is 0.0861 e. The average molecular weight is 265 g/mol. The Morgan fingerprint density at radius 3 is 3.00 bits per heavy atom. The second-order valence-electron chi connectivity index (χ2n) is 3.83. The molecule has 2 nitrogen and oxygen atoms in total. The summed E-state index contributed by atoms with van der Waals surface area (Å²) in [5.41, 5.74) is 2.02. The fourth-order valence-corrected chi connectivity index (χ4v) is 1.82. The summed E-state index contributed by atoms with van der Waals surface area (Å²) in [6.07, 6.45) is 8.07. The van der Waals surface area contributed by atoms with Crippen LogP contribution in [-0.2, 0) is 0 Å². The lowest BCUT2D eigenvalue weighted by atomic mass is 10.00. The second-order valence-corrected chi connectivity index (χ2v) is 4.39. The lowest BCUT2D eigenvalue weighted by molar-refractivity contribution is 0.572. The van der Waals surface area contributed by atoms with E-state index in [9.17, 15) is 0 Å². The van der Waals surface area contributed by atoms with E-state index in [2.05, 4.69) is 45.3 Å². The molecule has 1 aromatic rings. The van der Waals surface area contributed by atoms with Gasteiger partial charge < -0.3 is 5.32 Å². The molecule has 0 radical (unpaired) electrons. The van der Waals surface area contributed by atoms with Crippen LogP contribution in [-0.4, -0.2) is 15.9 Å². The molecule has 1 aliphatic rings. The van der Waals surface area contributed by atoms with Gasteiger partial charge >= 0.3 is 0 Å². The van der Waals surface area contributed by atoms with Gasteiger partial charge in [0, 0.05) is 11.5 Å². The van der Waals surface area contributed by atoms with Crippen LogP contribution in [0.15, 0.2) is 42.6 Å². The Morgan fingerprint density at radius 1 is 1.47 bits per heavy atom. The molecule has 0 aromatic carbocycles. The predicted octanol–water partition coefficient (Wildman–Crippen LogP) is 2.74. The molecular formula is C12H13BrN2. The van der Waals surface area contributed by atoms with Crippen LogP contribution in [0.3, 0.4) is 0 Å². The number of nitrogens with one attached hydrogen (secondary N) is 1. The van der Waals surface area contributed by atoms with Crippen molar-refractivity contribution in [2.75, 3.05) is 5.33 Å². The van der Waals surface area contributed by atoms with Crippen LogP contribution < -0.4 is 5.32 Å². The van der Waals surface area contributed by atoms with Crippen molar-refractivity contribution in [2.24, 2.45) is 0 Å².